The number of carboxylic acid groups (broad SMARTS) is 1. The molecule has 0 spiro atoms. The van der Waals surface area contributed by atoms with Gasteiger partial charge in [0, 0.05) is 46.2 Å². The molecule has 4 heterocycles. The predicted molar refractivity (Wildman–Crippen MR) is 171 cm³/mol. The van der Waals surface area contributed by atoms with E-state index < -0.39 is 17.7 Å². The van der Waals surface area contributed by atoms with E-state index in [4.69, 9.17) is 31.3 Å². The van der Waals surface area contributed by atoms with Gasteiger partial charge in [0.1, 0.15) is 10.5 Å². The number of aryl methyl sites for hydroxylation is 3. The SMILES string of the molecule is Cc1cc2nc(-c3cnc(C)c(-c4ccc5c(cnn5C)n4)c3)sc2c(-c2ccc(Cl)cc2)c1C(OC(C)(C)C)C(=O)O. The third-order valence-electron chi connectivity index (χ3n) is 7.23. The molecule has 10 heteroatoms. The van der Waals surface area contributed by atoms with Gasteiger partial charge in [0.15, 0.2) is 6.10 Å². The van der Waals surface area contributed by atoms with E-state index in [2.05, 4.69) is 11.2 Å². The number of fused-ring (bicyclic) bond motifs is 2. The normalized spacial score (nSPS) is 12.7. The molecule has 4 aromatic heterocycles. The van der Waals surface area contributed by atoms with Crippen molar-refractivity contribution in [3.63, 3.8) is 0 Å². The van der Waals surface area contributed by atoms with Crippen LogP contribution >= 0.6 is 22.9 Å². The number of aromatic nitrogens is 5. The molecule has 0 saturated heterocycles. The number of benzene rings is 2. The molecule has 2 aromatic carbocycles. The summed E-state index contributed by atoms with van der Waals surface area (Å²) in [6.07, 6.45) is 2.39. The zero-order valence-corrected chi connectivity index (χ0v) is 26.2. The summed E-state index contributed by atoms with van der Waals surface area (Å²) in [7, 11) is 1.89. The number of rotatable bonds is 6. The second kappa shape index (κ2) is 10.8. The molecule has 8 nitrogen and oxygen atoms in total. The molecule has 1 unspecified atom stereocenters. The van der Waals surface area contributed by atoms with Crippen LogP contribution in [0.4, 0.5) is 0 Å². The lowest BCUT2D eigenvalue weighted by Crippen LogP contribution is -2.28. The Morgan fingerprint density at radius 3 is 2.44 bits per heavy atom. The number of aliphatic carboxylic acids is 1. The summed E-state index contributed by atoms with van der Waals surface area (Å²) in [4.78, 5) is 27.2. The van der Waals surface area contributed by atoms with E-state index in [-0.39, 0.29) is 0 Å². The Kier molecular flexibility index (Phi) is 7.28. The van der Waals surface area contributed by atoms with E-state index in [0.717, 1.165) is 65.5 Å². The lowest BCUT2D eigenvalue weighted by Gasteiger charge is -2.28. The highest BCUT2D eigenvalue weighted by Gasteiger charge is 2.32. The minimum atomic E-state index is -1.18. The summed E-state index contributed by atoms with van der Waals surface area (Å²) in [6, 6.07) is 15.4. The maximum absolute atomic E-state index is 12.6. The first-order valence-electron chi connectivity index (χ1n) is 13.8. The molecule has 0 fully saturated rings. The van der Waals surface area contributed by atoms with Crippen LogP contribution in [0.3, 0.4) is 0 Å². The Balaban J connectivity index is 1.55. The third kappa shape index (κ3) is 5.51. The van der Waals surface area contributed by atoms with Crippen LogP contribution < -0.4 is 0 Å². The van der Waals surface area contributed by atoms with Crippen molar-refractivity contribution in [1.82, 2.24) is 24.7 Å². The Morgan fingerprint density at radius 1 is 1.00 bits per heavy atom. The van der Waals surface area contributed by atoms with Crippen molar-refractivity contribution in [3.05, 3.63) is 82.8 Å². The number of hydrogen-bond donors (Lipinski definition) is 1. The van der Waals surface area contributed by atoms with Gasteiger partial charge in [0.25, 0.3) is 0 Å². The van der Waals surface area contributed by atoms with Gasteiger partial charge in [0.05, 0.1) is 33.2 Å². The molecule has 6 rings (SSSR count). The number of pyridine rings is 2. The highest BCUT2D eigenvalue weighted by atomic mass is 35.5. The van der Waals surface area contributed by atoms with E-state index >= 15 is 0 Å². The lowest BCUT2D eigenvalue weighted by atomic mass is 9.91. The van der Waals surface area contributed by atoms with Crippen LogP contribution in [-0.4, -0.2) is 41.4 Å². The second-order valence-electron chi connectivity index (χ2n) is 11.5. The first kappa shape index (κ1) is 28.9. The van der Waals surface area contributed by atoms with Crippen LogP contribution in [0.5, 0.6) is 0 Å². The predicted octanol–water partition coefficient (Wildman–Crippen LogP) is 8.19. The monoisotopic (exact) mass is 611 g/mol. The van der Waals surface area contributed by atoms with Crippen molar-refractivity contribution in [2.24, 2.45) is 7.05 Å². The number of ether oxygens (including phenoxy) is 1. The van der Waals surface area contributed by atoms with E-state index in [1.807, 2.05) is 78.2 Å². The summed E-state index contributed by atoms with van der Waals surface area (Å²) in [6.45, 7) is 9.43. The topological polar surface area (TPSA) is 103 Å². The lowest BCUT2D eigenvalue weighted by molar-refractivity contribution is -0.160. The number of halogens is 1. The number of carbonyl (C=O) groups is 1. The molecule has 43 heavy (non-hydrogen) atoms. The molecule has 0 radical (unpaired) electrons. The van der Waals surface area contributed by atoms with Crippen molar-refractivity contribution in [1.29, 1.82) is 0 Å². The largest absolute Gasteiger partial charge is 0.479 e. The Bertz CT molecular complexity index is 2030. The van der Waals surface area contributed by atoms with E-state index in [1.165, 1.54) is 11.3 Å². The number of thiazole rings is 1. The van der Waals surface area contributed by atoms with Gasteiger partial charge in [-0.1, -0.05) is 23.7 Å². The van der Waals surface area contributed by atoms with Gasteiger partial charge in [-0.15, -0.1) is 11.3 Å². The fourth-order valence-corrected chi connectivity index (χ4v) is 6.49. The van der Waals surface area contributed by atoms with Gasteiger partial charge >= 0.3 is 5.97 Å². The van der Waals surface area contributed by atoms with Crippen molar-refractivity contribution in [2.75, 3.05) is 0 Å². The third-order valence-corrected chi connectivity index (χ3v) is 8.62. The zero-order valence-electron chi connectivity index (χ0n) is 24.6. The molecular formula is C33H30ClN5O3S. The standard InChI is InChI=1S/C33H30ClN5O3S/c1-17-13-24-30(28(19-7-9-21(34)10-8-19)27(17)29(32(40)41)42-33(3,4)5)43-31(38-24)20-14-22(18(2)35-15-20)23-11-12-26-25(37-23)16-36-39(26)6/h7-16,29H,1-6H3,(H,40,41). The second-order valence-corrected chi connectivity index (χ2v) is 13.0. The van der Waals surface area contributed by atoms with E-state index in [0.29, 0.717) is 10.6 Å². The molecule has 1 N–H and O–H groups in total. The van der Waals surface area contributed by atoms with Crippen molar-refractivity contribution in [3.8, 4) is 33.0 Å². The molecule has 1 atom stereocenters. The van der Waals surface area contributed by atoms with Crippen molar-refractivity contribution >= 4 is 50.2 Å². The van der Waals surface area contributed by atoms with Crippen LogP contribution in [0.15, 0.2) is 60.9 Å². The molecule has 0 amide bonds. The first-order chi connectivity index (χ1) is 20.4. The quantitative estimate of drug-likeness (QED) is 0.202. The summed E-state index contributed by atoms with van der Waals surface area (Å²) < 4.78 is 8.79. The van der Waals surface area contributed by atoms with E-state index in [9.17, 15) is 9.90 Å². The maximum Gasteiger partial charge on any atom is 0.337 e. The fourth-order valence-electron chi connectivity index (χ4n) is 5.26. The molecule has 218 valence electrons. The highest BCUT2D eigenvalue weighted by Crippen LogP contribution is 2.44. The minimum Gasteiger partial charge on any atom is -0.479 e. The smallest absolute Gasteiger partial charge is 0.337 e. The summed E-state index contributed by atoms with van der Waals surface area (Å²) >= 11 is 7.73. The number of hydrogen-bond acceptors (Lipinski definition) is 7. The van der Waals surface area contributed by atoms with Crippen LogP contribution in [0, 0.1) is 13.8 Å². The number of nitrogens with zero attached hydrogens (tertiary/aromatic N) is 5. The minimum absolute atomic E-state index is 0.594. The Labute approximate surface area is 258 Å². The molecular weight excluding hydrogens is 582 g/mol. The molecule has 0 bridgehead atoms. The van der Waals surface area contributed by atoms with Crippen LogP contribution in [0.2, 0.25) is 5.02 Å². The molecule has 0 saturated carbocycles. The average molecular weight is 612 g/mol. The summed E-state index contributed by atoms with van der Waals surface area (Å²) in [5, 5.41) is 16.0. The highest BCUT2D eigenvalue weighted by molar-refractivity contribution is 7.22. The Hall–Kier alpha value is -4.18. The first-order valence-corrected chi connectivity index (χ1v) is 15.0. The van der Waals surface area contributed by atoms with Gasteiger partial charge in [-0.25, -0.2) is 14.8 Å². The van der Waals surface area contributed by atoms with Gasteiger partial charge in [0.2, 0.25) is 0 Å². The molecule has 0 aliphatic heterocycles. The van der Waals surface area contributed by atoms with Gasteiger partial charge in [-0.2, -0.15) is 5.10 Å². The maximum atomic E-state index is 12.6. The van der Waals surface area contributed by atoms with Crippen molar-refractivity contribution < 1.29 is 14.6 Å². The summed E-state index contributed by atoms with van der Waals surface area (Å²) in [5.41, 5.74) is 8.24. The van der Waals surface area contributed by atoms with Crippen molar-refractivity contribution in [2.45, 2.75) is 46.3 Å². The molecule has 0 aliphatic rings. The van der Waals surface area contributed by atoms with Gasteiger partial charge in [-0.3, -0.25) is 9.67 Å². The average Bonchev–Trinajstić information content (AvgIpc) is 3.54. The summed E-state index contributed by atoms with van der Waals surface area (Å²) in [5.74, 6) is -1.05. The van der Waals surface area contributed by atoms with E-state index in [1.54, 1.807) is 23.0 Å². The number of carboxylic acids is 1. The van der Waals surface area contributed by atoms with Crippen LogP contribution in [-0.2, 0) is 16.6 Å². The van der Waals surface area contributed by atoms with Crippen LogP contribution in [0.25, 0.3) is 54.2 Å². The van der Waals surface area contributed by atoms with Gasteiger partial charge < -0.3 is 9.84 Å². The molecule has 6 aromatic rings. The fraction of sp³-hybridized carbons (Fsp3) is 0.242. The molecule has 0 aliphatic carbocycles. The van der Waals surface area contributed by atoms with Crippen LogP contribution in [0.1, 0.15) is 43.7 Å². The Morgan fingerprint density at radius 2 is 1.74 bits per heavy atom. The van der Waals surface area contributed by atoms with Gasteiger partial charge in [-0.05, 0) is 82.1 Å². The zero-order chi connectivity index (χ0) is 30.6.